The van der Waals surface area contributed by atoms with Gasteiger partial charge in [0.05, 0.1) is 12.3 Å². The summed E-state index contributed by atoms with van der Waals surface area (Å²) in [6.45, 7) is 15.2. The van der Waals surface area contributed by atoms with Gasteiger partial charge in [-0.2, -0.15) is 0 Å². The summed E-state index contributed by atoms with van der Waals surface area (Å²) in [7, 11) is 1.66. The molecular weight excluding hydrogens is 584 g/mol. The lowest BCUT2D eigenvalue weighted by molar-refractivity contribution is -0.133. The van der Waals surface area contributed by atoms with Crippen LogP contribution in [0.15, 0.2) is 23.5 Å². The summed E-state index contributed by atoms with van der Waals surface area (Å²) < 4.78 is 6.00. The number of fused-ring (bicyclic) bond motifs is 5. The molecular formula is C36H52N4O4S. The van der Waals surface area contributed by atoms with Crippen molar-refractivity contribution in [2.24, 2.45) is 28.3 Å². The molecule has 9 heteroatoms. The number of amides is 1. The highest BCUT2D eigenvalue weighted by atomic mass is 32.1. The Bertz CT molecular complexity index is 1430. The molecule has 5 rings (SSSR count). The van der Waals surface area contributed by atoms with E-state index in [-0.39, 0.29) is 35.3 Å². The lowest BCUT2D eigenvalue weighted by Gasteiger charge is -2.50. The molecule has 2 saturated carbocycles. The minimum Gasteiger partial charge on any atom is -0.425 e. The number of thiazole rings is 1. The van der Waals surface area contributed by atoms with Gasteiger partial charge in [0.15, 0.2) is 5.13 Å². The lowest BCUT2D eigenvalue weighted by atomic mass is 9.53. The first-order valence-electron chi connectivity index (χ1n) is 16.7. The number of hydrogen-bond donors (Lipinski definition) is 2. The predicted octanol–water partition coefficient (Wildman–Crippen LogP) is 7.55. The quantitative estimate of drug-likeness (QED) is 0.159. The Hall–Kier alpha value is -2.78. The number of aromatic nitrogens is 1. The third-order valence-electron chi connectivity index (χ3n) is 10.4. The van der Waals surface area contributed by atoms with Crippen LogP contribution in [0.25, 0.3) is 0 Å². The maximum absolute atomic E-state index is 12.8. The zero-order valence-corrected chi connectivity index (χ0v) is 29.2. The van der Waals surface area contributed by atoms with E-state index in [0.717, 1.165) is 55.4 Å². The molecule has 0 bridgehead atoms. The standard InChI is InChI=1S/C36H52N4O4S/c1-21(2)37-20-32(42)44-29-16-23-12-13-26-25(27(23)18-28(29)35(4,5)6)14-15-36(7)30(40-43-8)17-24(33(26)36)10-9-11-31(41)39-34-38-19-22(3)45-34/h16,18-19,21,24-26,33,37H,9-15,17,20H2,1-8H3,(H,38,39,41)/b40-30+/t24-,25?,26?,33?,36-/m1/s1. The normalized spacial score (nSPS) is 26.7. The molecule has 2 aromatic rings. The van der Waals surface area contributed by atoms with Gasteiger partial charge >= 0.3 is 5.97 Å². The number of carbonyl (C=O) groups excluding carboxylic acids is 2. The average Bonchev–Trinajstić information content (AvgIpc) is 3.50. The summed E-state index contributed by atoms with van der Waals surface area (Å²) in [6.07, 6.45) is 9.32. The largest absolute Gasteiger partial charge is 0.425 e. The van der Waals surface area contributed by atoms with E-state index in [1.807, 2.05) is 20.8 Å². The van der Waals surface area contributed by atoms with E-state index in [0.29, 0.717) is 41.0 Å². The number of oxime groups is 1. The van der Waals surface area contributed by atoms with E-state index in [1.165, 1.54) is 28.2 Å². The minimum absolute atomic E-state index is 0.00572. The first-order valence-corrected chi connectivity index (χ1v) is 17.6. The highest BCUT2D eigenvalue weighted by Gasteiger charge is 2.57. The van der Waals surface area contributed by atoms with E-state index in [9.17, 15) is 9.59 Å². The number of nitrogens with zero attached hydrogens (tertiary/aromatic N) is 2. The number of carbonyl (C=O) groups is 2. The topological polar surface area (TPSA) is 102 Å². The molecule has 3 aliphatic rings. The lowest BCUT2D eigenvalue weighted by Crippen LogP contribution is -2.44. The van der Waals surface area contributed by atoms with Crippen molar-refractivity contribution in [2.45, 2.75) is 117 Å². The van der Waals surface area contributed by atoms with Crippen LogP contribution in [0.2, 0.25) is 0 Å². The number of aryl methyl sites for hydroxylation is 2. The molecule has 2 N–H and O–H groups in total. The number of esters is 1. The van der Waals surface area contributed by atoms with Crippen molar-refractivity contribution in [3.05, 3.63) is 39.9 Å². The Morgan fingerprint density at radius 1 is 1.22 bits per heavy atom. The van der Waals surface area contributed by atoms with Crippen LogP contribution in [0, 0.1) is 30.1 Å². The van der Waals surface area contributed by atoms with Gasteiger partial charge in [-0.25, -0.2) is 4.98 Å². The fraction of sp³-hybridized carbons (Fsp3) is 0.667. The van der Waals surface area contributed by atoms with Crippen LogP contribution in [0.4, 0.5) is 5.13 Å². The minimum atomic E-state index is -0.245. The maximum atomic E-state index is 12.8. The van der Waals surface area contributed by atoms with Crippen LogP contribution in [0.5, 0.6) is 5.75 Å². The molecule has 0 radical (unpaired) electrons. The van der Waals surface area contributed by atoms with Crippen molar-refractivity contribution in [2.75, 3.05) is 19.0 Å². The molecule has 3 unspecified atom stereocenters. The van der Waals surface area contributed by atoms with Gasteiger partial charge in [-0.1, -0.05) is 52.8 Å². The van der Waals surface area contributed by atoms with E-state index in [4.69, 9.17) is 9.57 Å². The third-order valence-corrected chi connectivity index (χ3v) is 11.3. The van der Waals surface area contributed by atoms with E-state index in [1.54, 1.807) is 13.3 Å². The molecule has 3 aliphatic carbocycles. The molecule has 2 fully saturated rings. The zero-order valence-electron chi connectivity index (χ0n) is 28.4. The van der Waals surface area contributed by atoms with E-state index >= 15 is 0 Å². The number of ether oxygens (including phenoxy) is 1. The van der Waals surface area contributed by atoms with Crippen LogP contribution in [-0.2, 0) is 26.3 Å². The summed E-state index contributed by atoms with van der Waals surface area (Å²) in [4.78, 5) is 36.2. The van der Waals surface area contributed by atoms with Gasteiger partial charge in [0.2, 0.25) is 5.91 Å². The van der Waals surface area contributed by atoms with Gasteiger partial charge in [-0.3, -0.25) is 9.59 Å². The van der Waals surface area contributed by atoms with Gasteiger partial charge in [-0.05, 0) is 98.1 Å². The molecule has 1 amide bonds. The van der Waals surface area contributed by atoms with E-state index in [2.05, 4.69) is 60.6 Å². The summed E-state index contributed by atoms with van der Waals surface area (Å²) in [5, 5.41) is 11.4. The first-order chi connectivity index (χ1) is 21.3. The Balaban J connectivity index is 1.37. The fourth-order valence-corrected chi connectivity index (χ4v) is 9.11. The van der Waals surface area contributed by atoms with Gasteiger partial charge in [0, 0.05) is 34.5 Å². The Morgan fingerprint density at radius 3 is 2.67 bits per heavy atom. The van der Waals surface area contributed by atoms with Crippen molar-refractivity contribution in [1.29, 1.82) is 0 Å². The summed E-state index contributed by atoms with van der Waals surface area (Å²) >= 11 is 1.51. The molecule has 8 nitrogen and oxygen atoms in total. The van der Waals surface area contributed by atoms with Crippen molar-refractivity contribution < 1.29 is 19.2 Å². The van der Waals surface area contributed by atoms with Gasteiger partial charge in [0.1, 0.15) is 12.9 Å². The highest BCUT2D eigenvalue weighted by molar-refractivity contribution is 7.15. The molecule has 1 aromatic heterocycles. The molecule has 0 saturated heterocycles. The zero-order chi connectivity index (χ0) is 32.5. The summed E-state index contributed by atoms with van der Waals surface area (Å²) in [5.41, 5.74) is 4.89. The van der Waals surface area contributed by atoms with Crippen LogP contribution >= 0.6 is 11.3 Å². The Labute approximate surface area is 273 Å². The second kappa shape index (κ2) is 13.5. The number of anilines is 1. The molecule has 5 atom stereocenters. The first kappa shape index (κ1) is 33.6. The predicted molar refractivity (Wildman–Crippen MR) is 181 cm³/mol. The van der Waals surface area contributed by atoms with Crippen LogP contribution in [0.1, 0.15) is 114 Å². The molecule has 1 heterocycles. The van der Waals surface area contributed by atoms with Crippen LogP contribution in [0.3, 0.4) is 0 Å². The van der Waals surface area contributed by atoms with Gasteiger partial charge in [0.25, 0.3) is 0 Å². The fourth-order valence-electron chi connectivity index (χ4n) is 8.43. The number of rotatable bonds is 10. The highest BCUT2D eigenvalue weighted by Crippen LogP contribution is 2.63. The smallest absolute Gasteiger partial charge is 0.325 e. The number of hydrogen-bond acceptors (Lipinski definition) is 8. The van der Waals surface area contributed by atoms with E-state index < -0.39 is 0 Å². The second-order valence-electron chi connectivity index (χ2n) is 15.0. The van der Waals surface area contributed by atoms with Gasteiger partial charge in [-0.15, -0.1) is 11.3 Å². The Morgan fingerprint density at radius 2 is 2.00 bits per heavy atom. The Kier molecular flexibility index (Phi) is 10.1. The molecule has 1 aromatic carbocycles. The van der Waals surface area contributed by atoms with Crippen molar-refractivity contribution in [3.8, 4) is 5.75 Å². The maximum Gasteiger partial charge on any atom is 0.325 e. The third kappa shape index (κ3) is 7.30. The van der Waals surface area contributed by atoms with Crippen LogP contribution in [-0.4, -0.2) is 42.3 Å². The molecule has 0 spiro atoms. The number of benzene rings is 1. The average molecular weight is 637 g/mol. The van der Waals surface area contributed by atoms with Crippen molar-refractivity contribution in [3.63, 3.8) is 0 Å². The SMILES string of the molecule is CO/N=C1\C[C@@H](CCCC(=O)Nc2ncc(C)s2)C2C3CCc4cc(OC(=O)CNC(C)C)c(C(C)(C)C)cc4C3CC[C@]12C. The van der Waals surface area contributed by atoms with Crippen molar-refractivity contribution >= 4 is 34.1 Å². The van der Waals surface area contributed by atoms with Crippen LogP contribution < -0.4 is 15.4 Å². The summed E-state index contributed by atoms with van der Waals surface area (Å²) in [5.74, 6) is 2.44. The van der Waals surface area contributed by atoms with Gasteiger partial charge < -0.3 is 20.2 Å². The number of nitrogens with one attached hydrogen (secondary N) is 2. The monoisotopic (exact) mass is 636 g/mol. The summed E-state index contributed by atoms with van der Waals surface area (Å²) in [6, 6.07) is 4.75. The molecule has 45 heavy (non-hydrogen) atoms. The molecule has 246 valence electrons. The second-order valence-corrected chi connectivity index (χ2v) is 16.2. The molecule has 0 aliphatic heterocycles. The van der Waals surface area contributed by atoms with Crippen molar-refractivity contribution in [1.82, 2.24) is 10.3 Å².